The zero-order valence-electron chi connectivity index (χ0n) is 12.7. The molecule has 2 rings (SSSR count). The van der Waals surface area contributed by atoms with Crippen LogP contribution in [-0.2, 0) is 11.3 Å². The van der Waals surface area contributed by atoms with Gasteiger partial charge in [-0.3, -0.25) is 4.90 Å². The number of β-amino-alcohol motifs (C(OH)–C–C–N with tert-alkyl or cyclic N) is 1. The Balaban J connectivity index is 1.70. The first-order valence-electron chi connectivity index (χ1n) is 7.72. The summed E-state index contributed by atoms with van der Waals surface area (Å²) in [6.07, 6.45) is 3.38. The maximum absolute atomic E-state index is 10.1. The lowest BCUT2D eigenvalue weighted by Crippen LogP contribution is -2.48. The summed E-state index contributed by atoms with van der Waals surface area (Å²) in [7, 11) is 0. The fraction of sp³-hybridized carbons (Fsp3) is 0.647. The molecule has 1 fully saturated rings. The first-order valence-corrected chi connectivity index (χ1v) is 7.72. The second kappa shape index (κ2) is 7.77. The Hall–Kier alpha value is -0.900. The number of hydrogen-bond donors (Lipinski definition) is 1. The number of nitrogens with zero attached hydrogens (tertiary/aromatic N) is 1. The smallest absolute Gasteiger partial charge is 0.0900 e. The van der Waals surface area contributed by atoms with Gasteiger partial charge in [0.2, 0.25) is 0 Å². The molecule has 1 aromatic rings. The zero-order valence-corrected chi connectivity index (χ0v) is 12.7. The molecule has 0 amide bonds. The SMILES string of the molecule is C[C@@H]1CCC[C@@H](C)N1C[C@H](O)COCc1ccccc1. The highest BCUT2D eigenvalue weighted by atomic mass is 16.5. The van der Waals surface area contributed by atoms with Gasteiger partial charge in [-0.15, -0.1) is 0 Å². The highest BCUT2D eigenvalue weighted by Gasteiger charge is 2.26. The summed E-state index contributed by atoms with van der Waals surface area (Å²) < 4.78 is 5.62. The Kier molecular flexibility index (Phi) is 6.02. The van der Waals surface area contributed by atoms with Crippen LogP contribution in [0, 0.1) is 0 Å². The number of likely N-dealkylation sites (tertiary alicyclic amines) is 1. The normalized spacial score (nSPS) is 25.6. The lowest BCUT2D eigenvalue weighted by atomic mass is 9.97. The van der Waals surface area contributed by atoms with Gasteiger partial charge in [-0.05, 0) is 32.3 Å². The van der Waals surface area contributed by atoms with E-state index in [2.05, 4.69) is 18.7 Å². The van der Waals surface area contributed by atoms with E-state index in [9.17, 15) is 5.11 Å². The maximum atomic E-state index is 10.1. The molecule has 112 valence electrons. The standard InChI is InChI=1S/C17H27NO2/c1-14-7-6-8-15(2)18(14)11-17(19)13-20-12-16-9-4-3-5-10-16/h3-5,9-10,14-15,17,19H,6-8,11-13H2,1-2H3/t14-,15-,17+/m1/s1. The fourth-order valence-corrected chi connectivity index (χ4v) is 3.02. The minimum Gasteiger partial charge on any atom is -0.389 e. The Morgan fingerprint density at radius 2 is 1.85 bits per heavy atom. The monoisotopic (exact) mass is 277 g/mol. The third kappa shape index (κ3) is 4.58. The van der Waals surface area contributed by atoms with Crippen LogP contribution in [0.1, 0.15) is 38.7 Å². The van der Waals surface area contributed by atoms with E-state index in [0.29, 0.717) is 25.3 Å². The van der Waals surface area contributed by atoms with Crippen molar-refractivity contribution in [3.63, 3.8) is 0 Å². The van der Waals surface area contributed by atoms with Crippen molar-refractivity contribution >= 4 is 0 Å². The molecular weight excluding hydrogens is 250 g/mol. The van der Waals surface area contributed by atoms with Gasteiger partial charge in [-0.25, -0.2) is 0 Å². The third-order valence-corrected chi connectivity index (χ3v) is 4.22. The quantitative estimate of drug-likeness (QED) is 0.868. The van der Waals surface area contributed by atoms with Gasteiger partial charge in [0.15, 0.2) is 0 Å². The van der Waals surface area contributed by atoms with Gasteiger partial charge in [0.25, 0.3) is 0 Å². The fourth-order valence-electron chi connectivity index (χ4n) is 3.02. The highest BCUT2D eigenvalue weighted by molar-refractivity contribution is 5.13. The second-order valence-corrected chi connectivity index (χ2v) is 5.98. The van der Waals surface area contributed by atoms with Crippen LogP contribution in [0.3, 0.4) is 0 Å². The molecule has 3 atom stereocenters. The predicted octanol–water partition coefficient (Wildman–Crippen LogP) is 2.83. The van der Waals surface area contributed by atoms with Crippen molar-refractivity contribution in [3.05, 3.63) is 35.9 Å². The molecule has 0 aliphatic carbocycles. The van der Waals surface area contributed by atoms with E-state index in [4.69, 9.17) is 4.74 Å². The number of aliphatic hydroxyl groups excluding tert-OH is 1. The maximum Gasteiger partial charge on any atom is 0.0900 e. The van der Waals surface area contributed by atoms with Crippen molar-refractivity contribution in [1.29, 1.82) is 0 Å². The van der Waals surface area contributed by atoms with Crippen LogP contribution in [-0.4, -0.2) is 41.3 Å². The molecule has 1 aliphatic heterocycles. The minimum atomic E-state index is -0.401. The van der Waals surface area contributed by atoms with Crippen LogP contribution in [0.4, 0.5) is 0 Å². The molecule has 3 nitrogen and oxygen atoms in total. The Labute approximate surface area is 122 Å². The van der Waals surface area contributed by atoms with Crippen molar-refractivity contribution in [1.82, 2.24) is 4.90 Å². The molecular formula is C17H27NO2. The van der Waals surface area contributed by atoms with Crippen LogP contribution in [0.15, 0.2) is 30.3 Å². The Morgan fingerprint density at radius 3 is 2.50 bits per heavy atom. The van der Waals surface area contributed by atoms with Crippen LogP contribution in [0.5, 0.6) is 0 Å². The van der Waals surface area contributed by atoms with Crippen molar-refractivity contribution in [3.8, 4) is 0 Å². The molecule has 1 N–H and O–H groups in total. The molecule has 1 saturated heterocycles. The van der Waals surface area contributed by atoms with Crippen LogP contribution >= 0.6 is 0 Å². The summed E-state index contributed by atoms with van der Waals surface area (Å²) in [5.74, 6) is 0. The summed E-state index contributed by atoms with van der Waals surface area (Å²) in [5, 5.41) is 10.1. The topological polar surface area (TPSA) is 32.7 Å². The third-order valence-electron chi connectivity index (χ3n) is 4.22. The first kappa shape index (κ1) is 15.5. The average molecular weight is 277 g/mol. The van der Waals surface area contributed by atoms with Crippen molar-refractivity contribution < 1.29 is 9.84 Å². The van der Waals surface area contributed by atoms with Crippen LogP contribution in [0.25, 0.3) is 0 Å². The largest absolute Gasteiger partial charge is 0.389 e. The van der Waals surface area contributed by atoms with Crippen molar-refractivity contribution in [2.24, 2.45) is 0 Å². The van der Waals surface area contributed by atoms with E-state index in [1.54, 1.807) is 0 Å². The summed E-state index contributed by atoms with van der Waals surface area (Å²) >= 11 is 0. The van der Waals surface area contributed by atoms with Crippen molar-refractivity contribution in [2.75, 3.05) is 13.2 Å². The number of ether oxygens (including phenoxy) is 1. The Bertz CT molecular complexity index is 372. The summed E-state index contributed by atoms with van der Waals surface area (Å²) in [5.41, 5.74) is 1.15. The molecule has 0 bridgehead atoms. The molecule has 0 spiro atoms. The van der Waals surface area contributed by atoms with Gasteiger partial charge in [0, 0.05) is 18.6 Å². The average Bonchev–Trinajstić information content (AvgIpc) is 2.44. The predicted molar refractivity (Wildman–Crippen MR) is 81.6 cm³/mol. The summed E-state index contributed by atoms with van der Waals surface area (Å²) in [4.78, 5) is 2.42. The number of piperidine rings is 1. The van der Waals surface area contributed by atoms with E-state index >= 15 is 0 Å². The highest BCUT2D eigenvalue weighted by Crippen LogP contribution is 2.22. The molecule has 0 unspecified atom stereocenters. The molecule has 0 aromatic heterocycles. The molecule has 1 aliphatic rings. The number of aliphatic hydroxyl groups is 1. The summed E-state index contributed by atoms with van der Waals surface area (Å²) in [6, 6.07) is 11.2. The van der Waals surface area contributed by atoms with Gasteiger partial charge in [0.05, 0.1) is 19.3 Å². The molecule has 1 heterocycles. The first-order chi connectivity index (χ1) is 9.66. The lowest BCUT2D eigenvalue weighted by molar-refractivity contribution is -0.0135. The number of hydrogen-bond acceptors (Lipinski definition) is 3. The minimum absolute atomic E-state index is 0.401. The zero-order chi connectivity index (χ0) is 14.4. The molecule has 0 saturated carbocycles. The molecule has 0 radical (unpaired) electrons. The van der Waals surface area contributed by atoms with Gasteiger partial charge in [-0.2, -0.15) is 0 Å². The summed E-state index contributed by atoms with van der Waals surface area (Å²) in [6.45, 7) is 6.21. The van der Waals surface area contributed by atoms with E-state index in [1.807, 2.05) is 30.3 Å². The Morgan fingerprint density at radius 1 is 1.20 bits per heavy atom. The van der Waals surface area contributed by atoms with Gasteiger partial charge in [0.1, 0.15) is 0 Å². The van der Waals surface area contributed by atoms with Crippen LogP contribution in [0.2, 0.25) is 0 Å². The van der Waals surface area contributed by atoms with E-state index < -0.39 is 6.10 Å². The van der Waals surface area contributed by atoms with Gasteiger partial charge < -0.3 is 9.84 Å². The molecule has 3 heteroatoms. The number of benzene rings is 1. The molecule has 1 aromatic carbocycles. The van der Waals surface area contributed by atoms with E-state index in [1.165, 1.54) is 19.3 Å². The van der Waals surface area contributed by atoms with Gasteiger partial charge >= 0.3 is 0 Å². The van der Waals surface area contributed by atoms with E-state index in [0.717, 1.165) is 12.1 Å². The van der Waals surface area contributed by atoms with Gasteiger partial charge in [-0.1, -0.05) is 36.8 Å². The second-order valence-electron chi connectivity index (χ2n) is 5.98. The van der Waals surface area contributed by atoms with Crippen LogP contribution < -0.4 is 0 Å². The molecule has 20 heavy (non-hydrogen) atoms. The number of rotatable bonds is 6. The lowest BCUT2D eigenvalue weighted by Gasteiger charge is -2.40. The van der Waals surface area contributed by atoms with E-state index in [-0.39, 0.29) is 0 Å². The van der Waals surface area contributed by atoms with Crippen molar-refractivity contribution in [2.45, 2.75) is 57.9 Å².